The fourth-order valence-electron chi connectivity index (χ4n) is 4.23. The van der Waals surface area contributed by atoms with Crippen LogP contribution in [0.1, 0.15) is 30.4 Å². The molecule has 0 unspecified atom stereocenters. The Morgan fingerprint density at radius 1 is 1.21 bits per heavy atom. The zero-order valence-electron chi connectivity index (χ0n) is 16.7. The lowest BCUT2D eigenvalue weighted by molar-refractivity contribution is -0.141. The van der Waals surface area contributed by atoms with Crippen LogP contribution in [-0.4, -0.2) is 72.2 Å². The van der Waals surface area contributed by atoms with Crippen molar-refractivity contribution in [1.82, 2.24) is 15.1 Å². The molecule has 0 bridgehead atoms. The lowest BCUT2D eigenvalue weighted by Crippen LogP contribution is -2.55. The third-order valence-electron chi connectivity index (χ3n) is 6.01. The molecule has 8 heteroatoms. The minimum atomic E-state index is -0.605. The SMILES string of the molecule is Cc1ccc(CN2CC3(CCN(C(=O)[C@@H]4COC(=O)N4)CC3)OCCC2=O)cc1. The molecular weight excluding hydrogens is 374 g/mol. The molecular formula is C21H27N3O5. The lowest BCUT2D eigenvalue weighted by Gasteiger charge is -2.43. The first-order valence-corrected chi connectivity index (χ1v) is 10.1. The molecule has 1 spiro atoms. The van der Waals surface area contributed by atoms with E-state index < -0.39 is 17.7 Å². The molecule has 3 amide bonds. The second-order valence-corrected chi connectivity index (χ2v) is 8.14. The molecule has 3 saturated heterocycles. The van der Waals surface area contributed by atoms with Crippen LogP contribution in [0.15, 0.2) is 24.3 Å². The molecule has 3 aliphatic heterocycles. The standard InChI is InChI=1S/C21H27N3O5/c1-15-2-4-16(5-3-15)12-24-14-21(29-11-6-18(24)25)7-9-23(10-8-21)19(26)17-13-28-20(27)22-17/h2-5,17H,6-14H2,1H3,(H,22,27)/t17-/m0/s1. The summed E-state index contributed by atoms with van der Waals surface area (Å²) in [5.41, 5.74) is 1.87. The molecule has 4 rings (SSSR count). The Hall–Kier alpha value is -2.61. The molecule has 3 fully saturated rings. The molecule has 8 nitrogen and oxygen atoms in total. The van der Waals surface area contributed by atoms with Crippen molar-refractivity contribution < 1.29 is 23.9 Å². The van der Waals surface area contributed by atoms with Gasteiger partial charge in [0.1, 0.15) is 12.6 Å². The van der Waals surface area contributed by atoms with Gasteiger partial charge in [0.25, 0.3) is 0 Å². The van der Waals surface area contributed by atoms with E-state index in [2.05, 4.69) is 29.6 Å². The average Bonchev–Trinajstić information content (AvgIpc) is 3.09. The van der Waals surface area contributed by atoms with Crippen LogP contribution in [0.25, 0.3) is 0 Å². The highest BCUT2D eigenvalue weighted by molar-refractivity contribution is 5.88. The van der Waals surface area contributed by atoms with Crippen molar-refractivity contribution in [3.63, 3.8) is 0 Å². The fraction of sp³-hybridized carbons (Fsp3) is 0.571. The number of amides is 3. The third kappa shape index (κ3) is 4.37. The maximum atomic E-state index is 12.6. The monoisotopic (exact) mass is 401 g/mol. The normalized spacial score (nSPS) is 24.2. The molecule has 3 heterocycles. The number of alkyl carbamates (subject to hydrolysis) is 1. The third-order valence-corrected chi connectivity index (χ3v) is 6.01. The first-order chi connectivity index (χ1) is 13.9. The quantitative estimate of drug-likeness (QED) is 0.823. The summed E-state index contributed by atoms with van der Waals surface area (Å²) >= 11 is 0. The number of carbonyl (C=O) groups is 3. The summed E-state index contributed by atoms with van der Waals surface area (Å²) in [7, 11) is 0. The van der Waals surface area contributed by atoms with Crippen molar-refractivity contribution in [3.8, 4) is 0 Å². The summed E-state index contributed by atoms with van der Waals surface area (Å²) < 4.78 is 11.0. The molecule has 0 aromatic heterocycles. The zero-order valence-corrected chi connectivity index (χ0v) is 16.7. The highest BCUT2D eigenvalue weighted by Crippen LogP contribution is 2.31. The molecule has 0 radical (unpaired) electrons. The van der Waals surface area contributed by atoms with Crippen molar-refractivity contribution in [2.24, 2.45) is 0 Å². The number of carbonyl (C=O) groups excluding carboxylic acids is 3. The van der Waals surface area contributed by atoms with Gasteiger partial charge >= 0.3 is 6.09 Å². The van der Waals surface area contributed by atoms with Gasteiger partial charge in [-0.1, -0.05) is 29.8 Å². The Balaban J connectivity index is 1.39. The van der Waals surface area contributed by atoms with Gasteiger partial charge in [-0.2, -0.15) is 0 Å². The smallest absolute Gasteiger partial charge is 0.407 e. The predicted octanol–water partition coefficient (Wildman–Crippen LogP) is 1.21. The molecule has 1 aromatic carbocycles. The first kappa shape index (κ1) is 19.7. The van der Waals surface area contributed by atoms with Crippen molar-refractivity contribution in [2.45, 2.75) is 44.4 Å². The highest BCUT2D eigenvalue weighted by atomic mass is 16.6. The summed E-state index contributed by atoms with van der Waals surface area (Å²) in [5, 5.41) is 2.54. The summed E-state index contributed by atoms with van der Waals surface area (Å²) in [4.78, 5) is 40.1. The number of aryl methyl sites for hydroxylation is 1. The number of piperidine rings is 1. The van der Waals surface area contributed by atoms with Crippen molar-refractivity contribution in [2.75, 3.05) is 32.8 Å². The van der Waals surface area contributed by atoms with E-state index >= 15 is 0 Å². The van der Waals surface area contributed by atoms with Crippen LogP contribution in [0.5, 0.6) is 0 Å². The zero-order chi connectivity index (χ0) is 20.4. The summed E-state index contributed by atoms with van der Waals surface area (Å²) in [6, 6.07) is 7.62. The summed E-state index contributed by atoms with van der Waals surface area (Å²) in [6.07, 6.45) is 1.16. The van der Waals surface area contributed by atoms with Crippen LogP contribution in [0.2, 0.25) is 0 Å². The van der Waals surface area contributed by atoms with Crippen molar-refractivity contribution in [1.29, 1.82) is 0 Å². The number of cyclic esters (lactones) is 1. The maximum Gasteiger partial charge on any atom is 0.407 e. The van der Waals surface area contributed by atoms with E-state index in [1.54, 1.807) is 4.90 Å². The number of hydrogen-bond donors (Lipinski definition) is 1. The van der Waals surface area contributed by atoms with Gasteiger partial charge in [0.05, 0.1) is 25.2 Å². The van der Waals surface area contributed by atoms with Crippen LogP contribution < -0.4 is 5.32 Å². The first-order valence-electron chi connectivity index (χ1n) is 10.1. The Kier molecular flexibility index (Phi) is 5.45. The maximum absolute atomic E-state index is 12.6. The summed E-state index contributed by atoms with van der Waals surface area (Å²) in [6.45, 7) is 4.71. The second-order valence-electron chi connectivity index (χ2n) is 8.14. The van der Waals surface area contributed by atoms with Gasteiger partial charge < -0.3 is 24.6 Å². The Bertz CT molecular complexity index is 786. The predicted molar refractivity (Wildman–Crippen MR) is 104 cm³/mol. The molecule has 156 valence electrons. The van der Waals surface area contributed by atoms with E-state index in [9.17, 15) is 14.4 Å². The molecule has 29 heavy (non-hydrogen) atoms. The van der Waals surface area contributed by atoms with Crippen LogP contribution >= 0.6 is 0 Å². The van der Waals surface area contributed by atoms with Crippen molar-refractivity contribution >= 4 is 17.9 Å². The Labute approximate surface area is 170 Å². The van der Waals surface area contributed by atoms with Crippen LogP contribution in [0.3, 0.4) is 0 Å². The topological polar surface area (TPSA) is 88.2 Å². The van der Waals surface area contributed by atoms with E-state index in [-0.39, 0.29) is 18.4 Å². The molecule has 0 saturated carbocycles. The Morgan fingerprint density at radius 3 is 2.59 bits per heavy atom. The minimum Gasteiger partial charge on any atom is -0.447 e. The van der Waals surface area contributed by atoms with Gasteiger partial charge in [0, 0.05) is 19.6 Å². The number of rotatable bonds is 3. The summed E-state index contributed by atoms with van der Waals surface area (Å²) in [5.74, 6) is -0.0151. The van der Waals surface area contributed by atoms with Gasteiger partial charge in [-0.05, 0) is 25.3 Å². The van der Waals surface area contributed by atoms with Gasteiger partial charge in [0.15, 0.2) is 0 Å². The van der Waals surface area contributed by atoms with Gasteiger partial charge in [-0.25, -0.2) is 4.79 Å². The fourth-order valence-corrected chi connectivity index (χ4v) is 4.23. The van der Waals surface area contributed by atoms with E-state index in [4.69, 9.17) is 9.47 Å². The van der Waals surface area contributed by atoms with Crippen LogP contribution in [-0.2, 0) is 25.6 Å². The number of nitrogens with one attached hydrogen (secondary N) is 1. The molecule has 1 aromatic rings. The van der Waals surface area contributed by atoms with Crippen molar-refractivity contribution in [3.05, 3.63) is 35.4 Å². The highest BCUT2D eigenvalue weighted by Gasteiger charge is 2.42. The molecule has 1 atom stereocenters. The van der Waals surface area contributed by atoms with E-state index in [1.165, 1.54) is 5.56 Å². The minimum absolute atomic E-state index is 0.0780. The molecule has 1 N–H and O–H groups in total. The number of likely N-dealkylation sites (tertiary alicyclic amines) is 1. The van der Waals surface area contributed by atoms with E-state index in [0.717, 1.165) is 5.56 Å². The number of ether oxygens (including phenoxy) is 2. The van der Waals surface area contributed by atoms with E-state index in [1.807, 2.05) is 11.8 Å². The lowest BCUT2D eigenvalue weighted by atomic mass is 9.90. The number of benzene rings is 1. The van der Waals surface area contributed by atoms with Gasteiger partial charge in [-0.15, -0.1) is 0 Å². The Morgan fingerprint density at radius 2 is 1.93 bits per heavy atom. The second kappa shape index (κ2) is 8.02. The molecule has 3 aliphatic rings. The largest absolute Gasteiger partial charge is 0.447 e. The van der Waals surface area contributed by atoms with Crippen LogP contribution in [0, 0.1) is 6.92 Å². The van der Waals surface area contributed by atoms with E-state index in [0.29, 0.717) is 52.0 Å². The van der Waals surface area contributed by atoms with Crippen LogP contribution in [0.4, 0.5) is 4.79 Å². The number of hydrogen-bond acceptors (Lipinski definition) is 5. The number of nitrogens with zero attached hydrogens (tertiary/aromatic N) is 2. The average molecular weight is 401 g/mol. The molecule has 0 aliphatic carbocycles. The van der Waals surface area contributed by atoms with Gasteiger partial charge in [0.2, 0.25) is 11.8 Å². The van der Waals surface area contributed by atoms with Gasteiger partial charge in [-0.3, -0.25) is 9.59 Å².